The zero-order valence-corrected chi connectivity index (χ0v) is 38.5. The molecule has 0 aromatic heterocycles. The van der Waals surface area contributed by atoms with Gasteiger partial charge in [-0.1, -0.05) is 159 Å². The van der Waals surface area contributed by atoms with Crippen LogP contribution in [0.2, 0.25) is 0 Å². The van der Waals surface area contributed by atoms with Crippen LogP contribution in [0, 0.1) is 0 Å². The van der Waals surface area contributed by atoms with Crippen molar-refractivity contribution in [3.63, 3.8) is 0 Å². The second-order valence-electron chi connectivity index (χ2n) is 14.8. The molecule has 6 aromatic carbocycles. The van der Waals surface area contributed by atoms with E-state index in [9.17, 15) is 0 Å². The molecule has 0 aliphatic carbocycles. The lowest BCUT2D eigenvalue weighted by molar-refractivity contribution is 0.381. The number of nitrogens with zero attached hydrogens (tertiary/aromatic N) is 2. The summed E-state index contributed by atoms with van der Waals surface area (Å²) in [5, 5.41) is 12.1. The second kappa shape index (κ2) is 26.6. The molecule has 0 spiro atoms. The highest BCUT2D eigenvalue weighted by atomic mass is 32.3. The van der Waals surface area contributed by atoms with E-state index >= 15 is 0 Å². The number of benzene rings is 6. The van der Waals surface area contributed by atoms with Gasteiger partial charge in [-0.15, -0.1) is 0 Å². The Morgan fingerprint density at radius 3 is 1.00 bits per heavy atom. The molecule has 8 nitrogen and oxygen atoms in total. The normalized spacial score (nSPS) is 11.7. The first-order valence-corrected chi connectivity index (χ1v) is 23.4. The summed E-state index contributed by atoms with van der Waals surface area (Å²) in [7, 11) is -4.67. The van der Waals surface area contributed by atoms with E-state index in [1.54, 1.807) is 0 Å². The van der Waals surface area contributed by atoms with Gasteiger partial charge in [0.05, 0.1) is 12.1 Å². The van der Waals surface area contributed by atoms with Crippen LogP contribution in [0.15, 0.2) is 158 Å². The van der Waals surface area contributed by atoms with Crippen molar-refractivity contribution in [1.29, 1.82) is 0 Å². The Kier molecular flexibility index (Phi) is 21.1. The van der Waals surface area contributed by atoms with Crippen LogP contribution in [0.5, 0.6) is 0 Å². The lowest BCUT2D eigenvalue weighted by Gasteiger charge is -2.22. The van der Waals surface area contributed by atoms with Gasteiger partial charge in [-0.3, -0.25) is 9.11 Å². The van der Waals surface area contributed by atoms with E-state index in [0.29, 0.717) is 0 Å². The Morgan fingerprint density at radius 2 is 0.730 bits per heavy atom. The smallest absolute Gasteiger partial charge is 0.372 e. The Balaban J connectivity index is 0.000000250. The first-order chi connectivity index (χ1) is 30.5. The zero-order chi connectivity index (χ0) is 45.5. The van der Waals surface area contributed by atoms with E-state index in [2.05, 4.69) is 232 Å². The molecule has 0 saturated heterocycles. The molecule has 6 aromatic rings. The molecule has 0 radical (unpaired) electrons. The van der Waals surface area contributed by atoms with Crippen molar-refractivity contribution < 1.29 is 17.5 Å². The molecule has 2 unspecified atom stereocenters. The van der Waals surface area contributed by atoms with Crippen LogP contribution in [-0.4, -0.2) is 56.8 Å². The minimum atomic E-state index is -4.67. The van der Waals surface area contributed by atoms with Gasteiger partial charge in [0.2, 0.25) is 0 Å². The molecule has 0 saturated carbocycles. The standard InChI is InChI=1S/2C27H32N2.H2O4S/c2*1-4-28-27(25-16-18-26(19-17-25)29(5-2)6-3)21-24-14-12-23(13-15-24)20-22-10-8-7-9-11-22;1-5(2,3)4/h2*7-21,27-28H,4-6H2,1-3H3;(H2,1,2,3,4). The number of hydrogen-bond donors (Lipinski definition) is 4. The van der Waals surface area contributed by atoms with E-state index in [1.807, 2.05) is 12.1 Å². The van der Waals surface area contributed by atoms with E-state index in [1.165, 1.54) is 54.5 Å². The molecule has 0 heterocycles. The molecule has 9 heteroatoms. The van der Waals surface area contributed by atoms with Crippen LogP contribution < -0.4 is 41.3 Å². The maximum atomic E-state index is 8.74. The predicted octanol–water partition coefficient (Wildman–Crippen LogP) is 8.33. The Labute approximate surface area is 376 Å². The largest absolute Gasteiger partial charge is 0.394 e. The third-order valence-electron chi connectivity index (χ3n) is 10.5. The molecule has 332 valence electrons. The highest BCUT2D eigenvalue weighted by molar-refractivity contribution is 7.79. The molecule has 4 N–H and O–H groups in total. The van der Waals surface area contributed by atoms with Gasteiger partial charge in [0.1, 0.15) is 0 Å². The zero-order valence-electron chi connectivity index (χ0n) is 37.7. The third kappa shape index (κ3) is 17.8. The molecule has 63 heavy (non-hydrogen) atoms. The molecule has 2 atom stereocenters. The first kappa shape index (κ1) is 49.8. The number of rotatable bonds is 16. The van der Waals surface area contributed by atoms with Crippen molar-refractivity contribution in [3.8, 4) is 0 Å². The molecular weight excluding hydrogens is 801 g/mol. The number of hydrogen-bond acceptors (Lipinski definition) is 6. The van der Waals surface area contributed by atoms with Gasteiger partial charge < -0.3 is 20.4 Å². The molecule has 0 amide bonds. The van der Waals surface area contributed by atoms with Crippen LogP contribution in [-0.2, 0) is 10.4 Å². The molecule has 6 rings (SSSR count). The summed E-state index contributed by atoms with van der Waals surface area (Å²) in [6.45, 7) is 19.1. The SMILES string of the molecule is CCNC(C=c1ccc(=Cc2ccccc2)cc1)c1ccc(N(CC)CC)cc1.CCNC(C=c1ccc(=Cc2ccccc2)cc1)c1ccc(N(CC)CC)cc1.O=S(=O)(O)O. The van der Waals surface area contributed by atoms with Crippen LogP contribution in [0.1, 0.15) is 75.9 Å². The van der Waals surface area contributed by atoms with E-state index in [0.717, 1.165) is 39.3 Å². The molecule has 0 aliphatic rings. The monoisotopic (exact) mass is 866 g/mol. The van der Waals surface area contributed by atoms with Crippen molar-refractivity contribution in [2.24, 2.45) is 0 Å². The average Bonchev–Trinajstić information content (AvgIpc) is 3.29. The van der Waals surface area contributed by atoms with Crippen molar-refractivity contribution in [1.82, 2.24) is 10.6 Å². The number of anilines is 2. The fraction of sp³-hybridized carbons (Fsp3) is 0.259. The van der Waals surface area contributed by atoms with E-state index in [-0.39, 0.29) is 12.1 Å². The quantitative estimate of drug-likeness (QED) is 0.0721. The predicted molar refractivity (Wildman–Crippen MR) is 267 cm³/mol. The van der Waals surface area contributed by atoms with Gasteiger partial charge in [-0.05, 0) is 120 Å². The van der Waals surface area contributed by atoms with Crippen LogP contribution >= 0.6 is 0 Å². The van der Waals surface area contributed by atoms with Crippen molar-refractivity contribution in [2.45, 2.75) is 53.6 Å². The van der Waals surface area contributed by atoms with Crippen molar-refractivity contribution in [3.05, 3.63) is 201 Å². The van der Waals surface area contributed by atoms with E-state index in [4.69, 9.17) is 17.5 Å². The van der Waals surface area contributed by atoms with Crippen molar-refractivity contribution in [2.75, 3.05) is 49.1 Å². The average molecular weight is 867 g/mol. The van der Waals surface area contributed by atoms with Gasteiger partial charge in [-0.25, -0.2) is 0 Å². The minimum absolute atomic E-state index is 0.203. The molecule has 0 aliphatic heterocycles. The first-order valence-electron chi connectivity index (χ1n) is 22.0. The summed E-state index contributed by atoms with van der Waals surface area (Å²) in [5.74, 6) is 0. The lowest BCUT2D eigenvalue weighted by atomic mass is 10.0. The summed E-state index contributed by atoms with van der Waals surface area (Å²) in [6.07, 6.45) is 9.03. The second-order valence-corrected chi connectivity index (χ2v) is 15.7. The van der Waals surface area contributed by atoms with Gasteiger partial charge in [-0.2, -0.15) is 8.42 Å². The summed E-state index contributed by atoms with van der Waals surface area (Å²) in [5.41, 5.74) is 7.61. The summed E-state index contributed by atoms with van der Waals surface area (Å²) in [4.78, 5) is 4.75. The van der Waals surface area contributed by atoms with E-state index < -0.39 is 10.4 Å². The Bertz CT molecular complexity index is 2360. The van der Waals surface area contributed by atoms with Crippen LogP contribution in [0.4, 0.5) is 11.4 Å². The molecule has 0 bridgehead atoms. The highest BCUT2D eigenvalue weighted by Gasteiger charge is 2.10. The van der Waals surface area contributed by atoms with Crippen molar-refractivity contribution >= 4 is 46.1 Å². The lowest BCUT2D eigenvalue weighted by Crippen LogP contribution is -2.23. The molecular formula is C54H66N4O4S. The Hall–Kier alpha value is -5.81. The van der Waals surface area contributed by atoms with Gasteiger partial charge in [0.25, 0.3) is 0 Å². The van der Waals surface area contributed by atoms with Gasteiger partial charge >= 0.3 is 10.4 Å². The van der Waals surface area contributed by atoms with Gasteiger partial charge in [0, 0.05) is 37.6 Å². The fourth-order valence-corrected chi connectivity index (χ4v) is 7.22. The Morgan fingerprint density at radius 1 is 0.444 bits per heavy atom. The maximum absolute atomic E-state index is 8.74. The fourth-order valence-electron chi connectivity index (χ4n) is 7.22. The topological polar surface area (TPSA) is 105 Å². The van der Waals surface area contributed by atoms with Crippen LogP contribution in [0.3, 0.4) is 0 Å². The molecule has 0 fully saturated rings. The number of nitrogens with one attached hydrogen (secondary N) is 2. The summed E-state index contributed by atoms with van der Waals surface area (Å²) in [6, 6.07) is 56.7. The van der Waals surface area contributed by atoms with Gasteiger partial charge in [0.15, 0.2) is 0 Å². The summed E-state index contributed by atoms with van der Waals surface area (Å²) < 4.78 is 31.6. The maximum Gasteiger partial charge on any atom is 0.394 e. The minimum Gasteiger partial charge on any atom is -0.372 e. The summed E-state index contributed by atoms with van der Waals surface area (Å²) >= 11 is 0. The van der Waals surface area contributed by atoms with Crippen LogP contribution in [0.25, 0.3) is 24.3 Å². The highest BCUT2D eigenvalue weighted by Crippen LogP contribution is 2.21. The third-order valence-corrected chi connectivity index (χ3v) is 10.5.